The van der Waals surface area contributed by atoms with Crippen molar-refractivity contribution in [3.05, 3.63) is 23.3 Å². The molecule has 19 heteroatoms. The van der Waals surface area contributed by atoms with E-state index in [4.69, 9.17) is 52.1 Å². The second-order valence-corrected chi connectivity index (χ2v) is 21.8. The maximum Gasteiger partial charge on any atom is 0.333 e. The predicted octanol–water partition coefficient (Wildman–Crippen LogP) is 2.71. The van der Waals surface area contributed by atoms with Crippen LogP contribution in [0.4, 0.5) is 0 Å². The largest absolute Gasteiger partial charge is 0.455 e. The number of esters is 2. The third-order valence-electron chi connectivity index (χ3n) is 18.4. The third-order valence-corrected chi connectivity index (χ3v) is 18.4. The first-order valence-electron chi connectivity index (χ1n) is 25.3. The van der Waals surface area contributed by atoms with E-state index in [1.165, 1.54) is 7.11 Å². The molecule has 0 aromatic heterocycles. The minimum Gasteiger partial charge on any atom is -0.455 e. The van der Waals surface area contributed by atoms with Crippen LogP contribution in [0, 0.1) is 28.6 Å². The number of aliphatic hydroxyl groups is 5. The Labute approximate surface area is 410 Å². The molecule has 5 N–H and O–H groups in total. The van der Waals surface area contributed by atoms with Crippen molar-refractivity contribution in [1.82, 2.24) is 0 Å². The molecule has 4 saturated heterocycles. The van der Waals surface area contributed by atoms with Gasteiger partial charge >= 0.3 is 11.9 Å². The molecule has 24 unspecified atom stereocenters. The van der Waals surface area contributed by atoms with E-state index in [0.717, 1.165) is 6.42 Å². The van der Waals surface area contributed by atoms with Crippen molar-refractivity contribution in [1.29, 1.82) is 0 Å². The Morgan fingerprint density at radius 1 is 0.686 bits per heavy atom. The zero-order valence-corrected chi connectivity index (χ0v) is 42.5. The summed E-state index contributed by atoms with van der Waals surface area (Å²) in [6, 6.07) is 0. The summed E-state index contributed by atoms with van der Waals surface area (Å²) in [5.41, 5.74) is -1.94. The van der Waals surface area contributed by atoms with E-state index in [0.29, 0.717) is 56.1 Å². The van der Waals surface area contributed by atoms with Crippen molar-refractivity contribution in [2.75, 3.05) is 20.8 Å². The monoisotopic (exact) mass is 995 g/mol. The van der Waals surface area contributed by atoms with Gasteiger partial charge in [0, 0.05) is 49.0 Å². The minimum atomic E-state index is -1.67. The normalized spacial score (nSPS) is 50.2. The SMILES string of the molecule is CC=C(C)C(=O)OC1C2C3(C)CCC(OC4CC(OC)C(OC5OC(C)C(OC6OC(CO)C(O)C(O)C6O)C(OC)C5O)C(C)O4)CC3CCC23OC32CCC(C(C)=O)C2(C)C1OC(=O)C(C)=CC. The second-order valence-electron chi connectivity index (χ2n) is 21.8. The fraction of sp³-hybridized carbons (Fsp3) is 0.863. The van der Waals surface area contributed by atoms with Gasteiger partial charge in [0.05, 0.1) is 31.0 Å². The van der Waals surface area contributed by atoms with Crippen LogP contribution >= 0.6 is 0 Å². The molecule has 396 valence electrons. The molecule has 0 aromatic carbocycles. The van der Waals surface area contributed by atoms with Gasteiger partial charge in [0.15, 0.2) is 18.9 Å². The van der Waals surface area contributed by atoms with E-state index in [1.54, 1.807) is 60.8 Å². The Morgan fingerprint density at radius 3 is 1.96 bits per heavy atom. The van der Waals surface area contributed by atoms with Crippen LogP contribution in [0.15, 0.2) is 23.3 Å². The highest BCUT2D eigenvalue weighted by atomic mass is 16.8. The van der Waals surface area contributed by atoms with E-state index < -0.39 is 145 Å². The molecule has 0 radical (unpaired) electrons. The number of rotatable bonds is 14. The van der Waals surface area contributed by atoms with Crippen molar-refractivity contribution in [2.24, 2.45) is 28.6 Å². The number of fused-ring (bicyclic) bond motifs is 2. The van der Waals surface area contributed by atoms with E-state index in [-0.39, 0.29) is 23.7 Å². The maximum absolute atomic E-state index is 13.9. The smallest absolute Gasteiger partial charge is 0.333 e. The van der Waals surface area contributed by atoms with Gasteiger partial charge < -0.3 is 77.6 Å². The van der Waals surface area contributed by atoms with Gasteiger partial charge in [0.2, 0.25) is 0 Å². The van der Waals surface area contributed by atoms with Crippen LogP contribution in [-0.2, 0) is 66.5 Å². The molecule has 70 heavy (non-hydrogen) atoms. The van der Waals surface area contributed by atoms with Crippen molar-refractivity contribution >= 4 is 17.7 Å². The van der Waals surface area contributed by atoms with Gasteiger partial charge in [-0.15, -0.1) is 0 Å². The molecule has 2 spiro atoms. The number of ketones is 1. The molecule has 4 aliphatic heterocycles. The van der Waals surface area contributed by atoms with Crippen LogP contribution in [0.5, 0.6) is 0 Å². The van der Waals surface area contributed by atoms with Crippen LogP contribution in [0.25, 0.3) is 0 Å². The van der Waals surface area contributed by atoms with Crippen LogP contribution in [-0.4, -0.2) is 180 Å². The van der Waals surface area contributed by atoms with Gasteiger partial charge in [0.1, 0.15) is 78.0 Å². The Bertz CT molecular complexity index is 1990. The first kappa shape index (κ1) is 53.8. The molecule has 4 heterocycles. The molecule has 8 aliphatic rings. The summed E-state index contributed by atoms with van der Waals surface area (Å²) in [6.45, 7) is 15.7. The molecule has 19 nitrogen and oxygen atoms in total. The van der Waals surface area contributed by atoms with Gasteiger partial charge in [-0.25, -0.2) is 9.59 Å². The number of carbonyl (C=O) groups is 3. The highest BCUT2D eigenvalue weighted by molar-refractivity contribution is 5.89. The number of hydrogen-bond donors (Lipinski definition) is 5. The molecule has 8 fully saturated rings. The summed E-state index contributed by atoms with van der Waals surface area (Å²) in [4.78, 5) is 41.3. The van der Waals surface area contributed by atoms with Crippen molar-refractivity contribution < 1.29 is 92.0 Å². The summed E-state index contributed by atoms with van der Waals surface area (Å²) in [5.74, 6) is -1.70. The quantitative estimate of drug-likeness (QED) is 0.0726. The van der Waals surface area contributed by atoms with Crippen molar-refractivity contribution in [2.45, 2.75) is 229 Å². The van der Waals surface area contributed by atoms with Gasteiger partial charge in [-0.1, -0.05) is 26.0 Å². The fourth-order valence-corrected chi connectivity index (χ4v) is 14.3. The first-order chi connectivity index (χ1) is 33.1. The summed E-state index contributed by atoms with van der Waals surface area (Å²) < 4.78 is 69.5. The lowest BCUT2D eigenvalue weighted by molar-refractivity contribution is -0.371. The summed E-state index contributed by atoms with van der Waals surface area (Å²) >= 11 is 0. The van der Waals surface area contributed by atoms with Crippen LogP contribution in [0.3, 0.4) is 0 Å². The number of carbonyl (C=O) groups excluding carboxylic acids is 3. The average Bonchev–Trinajstić information content (AvgIpc) is 3.88. The molecule has 4 saturated carbocycles. The number of Topliss-reactive ketones (excluding diaryl/α,β-unsaturated/α-hetero) is 1. The van der Waals surface area contributed by atoms with Gasteiger partial charge in [-0.05, 0) is 105 Å². The van der Waals surface area contributed by atoms with Crippen LogP contribution in [0.2, 0.25) is 0 Å². The summed E-state index contributed by atoms with van der Waals surface area (Å²) in [6.07, 6.45) is -9.15. The topological polar surface area (TPSA) is 257 Å². The fourth-order valence-electron chi connectivity index (χ4n) is 14.3. The lowest BCUT2D eigenvalue weighted by Gasteiger charge is -2.61. The standard InChI is InChI=1S/C51H78O19/c1-12-23(3)44(58)66-41-42-48(8)17-15-29(20-28(48)14-18-50(42)51(70-50)19-16-30(25(5)53)49(51,9)43(41)69-45(59)24(4)13-2)64-33-21-31(60-10)38(26(6)62-33)67-47-37(57)40(61-11)39(27(7)63-47)68-46-36(56)35(55)34(54)32(22-52)65-46/h12-13,26-43,46-47,52,54-57H,14-22H2,1-11H3. The number of methoxy groups -OCH3 is 2. The van der Waals surface area contributed by atoms with E-state index in [2.05, 4.69) is 6.92 Å². The van der Waals surface area contributed by atoms with E-state index in [1.807, 2.05) is 13.8 Å². The minimum absolute atomic E-state index is 0.00192. The Balaban J connectivity index is 0.962. The summed E-state index contributed by atoms with van der Waals surface area (Å²) in [5, 5.41) is 52.4. The molecular weight excluding hydrogens is 917 g/mol. The van der Waals surface area contributed by atoms with Gasteiger partial charge in [-0.3, -0.25) is 4.79 Å². The number of ether oxygens (including phenoxy) is 11. The zero-order valence-electron chi connectivity index (χ0n) is 42.5. The number of allylic oxidation sites excluding steroid dienone is 2. The molecule has 0 amide bonds. The Kier molecular flexibility index (Phi) is 15.6. The number of epoxide rings is 1. The molecule has 4 aliphatic carbocycles. The molecule has 0 bridgehead atoms. The average molecular weight is 995 g/mol. The molecule has 8 rings (SSSR count). The van der Waals surface area contributed by atoms with E-state index in [9.17, 15) is 39.9 Å². The molecule has 0 aromatic rings. The maximum atomic E-state index is 13.9. The van der Waals surface area contributed by atoms with Crippen LogP contribution in [0.1, 0.15) is 114 Å². The molecular formula is C51H78O19. The second kappa shape index (κ2) is 20.3. The Hall–Kier alpha value is -2.47. The lowest BCUT2D eigenvalue weighted by atomic mass is 9.43. The number of aliphatic hydroxyl groups excluding tert-OH is 5. The highest BCUT2D eigenvalue weighted by Crippen LogP contribution is 2.81. The molecule has 24 atom stereocenters. The van der Waals surface area contributed by atoms with Crippen LogP contribution < -0.4 is 0 Å². The van der Waals surface area contributed by atoms with Gasteiger partial charge in [0.25, 0.3) is 0 Å². The van der Waals surface area contributed by atoms with E-state index >= 15 is 0 Å². The van der Waals surface area contributed by atoms with Gasteiger partial charge in [-0.2, -0.15) is 0 Å². The van der Waals surface area contributed by atoms with Crippen molar-refractivity contribution in [3.63, 3.8) is 0 Å². The number of hydrogen-bond acceptors (Lipinski definition) is 19. The lowest BCUT2D eigenvalue weighted by Crippen LogP contribution is -2.70. The Morgan fingerprint density at radius 2 is 1.33 bits per heavy atom. The predicted molar refractivity (Wildman–Crippen MR) is 244 cm³/mol. The van der Waals surface area contributed by atoms with Crippen molar-refractivity contribution in [3.8, 4) is 0 Å². The third kappa shape index (κ3) is 8.66. The zero-order chi connectivity index (χ0) is 51.0. The first-order valence-corrected chi connectivity index (χ1v) is 25.3. The summed E-state index contributed by atoms with van der Waals surface area (Å²) in [7, 11) is 2.94. The highest BCUT2D eigenvalue weighted by Gasteiger charge is 2.91.